The zero-order valence-electron chi connectivity index (χ0n) is 16.4. The normalized spacial score (nSPS) is 11.2. The summed E-state index contributed by atoms with van der Waals surface area (Å²) in [7, 11) is 1.42. The molecule has 1 heterocycles. The van der Waals surface area contributed by atoms with Crippen molar-refractivity contribution in [1.82, 2.24) is 25.5 Å². The lowest BCUT2D eigenvalue weighted by Gasteiger charge is -2.17. The second kappa shape index (κ2) is 9.36. The number of nitrogens with zero attached hydrogens (tertiary/aromatic N) is 4. The number of anilines is 1. The zero-order valence-corrected chi connectivity index (χ0v) is 17.1. The summed E-state index contributed by atoms with van der Waals surface area (Å²) in [6.07, 6.45) is -5.11. The quantitative estimate of drug-likeness (QED) is 0.513. The molecular formula is C18H12ClF5N6O3. The van der Waals surface area contributed by atoms with Gasteiger partial charge in [0.15, 0.2) is 0 Å². The molecule has 3 aromatic rings. The molecule has 174 valence electrons. The van der Waals surface area contributed by atoms with E-state index in [9.17, 15) is 31.5 Å². The lowest BCUT2D eigenvalue weighted by molar-refractivity contribution is -0.274. The van der Waals surface area contributed by atoms with E-state index in [0.717, 1.165) is 28.9 Å². The van der Waals surface area contributed by atoms with Crippen LogP contribution in [0.2, 0.25) is 5.02 Å². The van der Waals surface area contributed by atoms with Gasteiger partial charge in [-0.05, 0) is 34.7 Å². The Morgan fingerprint density at radius 3 is 2.42 bits per heavy atom. The SMILES string of the molecule is Cn1nnnc1NC(=O)c1ccc(OC(F)(F)F)c(CNC(=O)c2ccc(F)cc2F)c1Cl. The summed E-state index contributed by atoms with van der Waals surface area (Å²) >= 11 is 6.16. The monoisotopic (exact) mass is 490 g/mol. The predicted octanol–water partition coefficient (Wildman–Crippen LogP) is 3.22. The summed E-state index contributed by atoms with van der Waals surface area (Å²) in [5.41, 5.74) is -1.27. The van der Waals surface area contributed by atoms with Gasteiger partial charge in [-0.3, -0.25) is 14.9 Å². The van der Waals surface area contributed by atoms with Gasteiger partial charge in [-0.15, -0.1) is 13.2 Å². The molecule has 0 fully saturated rings. The highest BCUT2D eigenvalue weighted by Gasteiger charge is 2.33. The average molecular weight is 491 g/mol. The van der Waals surface area contributed by atoms with E-state index in [1.807, 2.05) is 0 Å². The molecule has 0 aliphatic rings. The van der Waals surface area contributed by atoms with Gasteiger partial charge >= 0.3 is 6.36 Å². The van der Waals surface area contributed by atoms with Crippen molar-refractivity contribution >= 4 is 29.4 Å². The third kappa shape index (κ3) is 5.71. The Labute approximate surface area is 186 Å². The largest absolute Gasteiger partial charge is 0.573 e. The molecular weight excluding hydrogens is 479 g/mol. The van der Waals surface area contributed by atoms with E-state index in [4.69, 9.17) is 11.6 Å². The van der Waals surface area contributed by atoms with Crippen molar-refractivity contribution in [2.24, 2.45) is 7.05 Å². The topological polar surface area (TPSA) is 111 Å². The maximum absolute atomic E-state index is 13.8. The van der Waals surface area contributed by atoms with E-state index in [-0.39, 0.29) is 11.5 Å². The lowest BCUT2D eigenvalue weighted by Crippen LogP contribution is -2.26. The number of ether oxygens (including phenoxy) is 1. The van der Waals surface area contributed by atoms with Gasteiger partial charge in [0.2, 0.25) is 5.95 Å². The van der Waals surface area contributed by atoms with E-state index >= 15 is 0 Å². The maximum atomic E-state index is 13.8. The second-order valence-corrected chi connectivity index (χ2v) is 6.72. The fourth-order valence-electron chi connectivity index (χ4n) is 2.61. The standard InChI is InChI=1S/C18H12ClF5N6O3/c1-30-17(27-28-29-30)26-16(32)10-4-5-13(33-18(22,23)24)11(14(10)19)7-25-15(31)9-3-2-8(20)6-12(9)21/h2-6H,7H2,1H3,(H,25,31)(H,26,27,29,32). The number of aryl methyl sites for hydroxylation is 1. The Kier molecular flexibility index (Phi) is 6.76. The van der Waals surface area contributed by atoms with Crippen LogP contribution in [-0.2, 0) is 13.6 Å². The van der Waals surface area contributed by atoms with Crippen molar-refractivity contribution in [2.45, 2.75) is 12.9 Å². The van der Waals surface area contributed by atoms with E-state index in [2.05, 4.69) is 30.9 Å². The average Bonchev–Trinajstić information content (AvgIpc) is 3.10. The minimum atomic E-state index is -5.11. The molecule has 9 nitrogen and oxygen atoms in total. The summed E-state index contributed by atoms with van der Waals surface area (Å²) in [6.45, 7) is -0.688. The Morgan fingerprint density at radius 1 is 1.12 bits per heavy atom. The summed E-state index contributed by atoms with van der Waals surface area (Å²) in [5, 5.41) is 14.4. The molecule has 0 bridgehead atoms. The van der Waals surface area contributed by atoms with Crippen molar-refractivity contribution in [2.75, 3.05) is 5.32 Å². The van der Waals surface area contributed by atoms with Crippen LogP contribution >= 0.6 is 11.6 Å². The number of halogens is 6. The van der Waals surface area contributed by atoms with Gasteiger partial charge in [0.05, 0.1) is 16.1 Å². The molecule has 0 aliphatic carbocycles. The highest BCUT2D eigenvalue weighted by molar-refractivity contribution is 6.35. The van der Waals surface area contributed by atoms with Gasteiger partial charge in [-0.2, -0.15) is 0 Å². The number of amides is 2. The minimum absolute atomic E-state index is 0.0756. The fraction of sp³-hybridized carbons (Fsp3) is 0.167. The number of nitrogens with one attached hydrogen (secondary N) is 2. The van der Waals surface area contributed by atoms with Crippen LogP contribution in [0, 0.1) is 11.6 Å². The molecule has 2 amide bonds. The Balaban J connectivity index is 1.91. The van der Waals surface area contributed by atoms with Gasteiger partial charge < -0.3 is 10.1 Å². The van der Waals surface area contributed by atoms with Crippen molar-refractivity contribution in [3.05, 3.63) is 63.7 Å². The molecule has 0 atom stereocenters. The first-order valence-corrected chi connectivity index (χ1v) is 9.18. The van der Waals surface area contributed by atoms with Crippen LogP contribution in [-0.4, -0.2) is 38.4 Å². The molecule has 0 saturated carbocycles. The first kappa shape index (κ1) is 23.8. The number of tetrazole rings is 1. The molecule has 0 spiro atoms. The van der Waals surface area contributed by atoms with Crippen LogP contribution in [0.15, 0.2) is 30.3 Å². The number of alkyl halides is 3. The molecule has 0 saturated heterocycles. The van der Waals surface area contributed by atoms with Crippen LogP contribution in [0.1, 0.15) is 26.3 Å². The summed E-state index contributed by atoms with van der Waals surface area (Å²) in [5.74, 6) is -4.92. The molecule has 0 radical (unpaired) electrons. The Morgan fingerprint density at radius 2 is 1.82 bits per heavy atom. The van der Waals surface area contributed by atoms with Gasteiger partial charge in [0.1, 0.15) is 17.4 Å². The summed E-state index contributed by atoms with van der Waals surface area (Å²) in [4.78, 5) is 24.8. The highest BCUT2D eigenvalue weighted by Crippen LogP contribution is 2.34. The molecule has 3 rings (SSSR count). The number of aromatic nitrogens is 4. The predicted molar refractivity (Wildman–Crippen MR) is 102 cm³/mol. The number of carbonyl (C=O) groups excluding carboxylic acids is 2. The van der Waals surface area contributed by atoms with Gasteiger partial charge in [-0.25, -0.2) is 13.5 Å². The fourth-order valence-corrected chi connectivity index (χ4v) is 2.91. The van der Waals surface area contributed by atoms with Crippen LogP contribution in [0.4, 0.5) is 27.9 Å². The third-order valence-corrected chi connectivity index (χ3v) is 4.55. The van der Waals surface area contributed by atoms with Crippen molar-refractivity contribution in [1.29, 1.82) is 0 Å². The van der Waals surface area contributed by atoms with Gasteiger partial charge in [0.25, 0.3) is 11.8 Å². The van der Waals surface area contributed by atoms with Crippen LogP contribution in [0.5, 0.6) is 5.75 Å². The van der Waals surface area contributed by atoms with Crippen molar-refractivity contribution in [3.8, 4) is 5.75 Å². The molecule has 1 aromatic heterocycles. The van der Waals surface area contributed by atoms with Gasteiger partial charge in [-0.1, -0.05) is 16.7 Å². The lowest BCUT2D eigenvalue weighted by atomic mass is 10.1. The molecule has 2 aromatic carbocycles. The molecule has 15 heteroatoms. The van der Waals surface area contributed by atoms with Crippen LogP contribution in [0.25, 0.3) is 0 Å². The third-order valence-electron chi connectivity index (χ3n) is 4.12. The Hall–Kier alpha value is -3.81. The van der Waals surface area contributed by atoms with Crippen molar-refractivity contribution in [3.63, 3.8) is 0 Å². The first-order valence-electron chi connectivity index (χ1n) is 8.80. The first-order chi connectivity index (χ1) is 15.5. The minimum Gasteiger partial charge on any atom is -0.405 e. The second-order valence-electron chi connectivity index (χ2n) is 6.34. The number of carbonyl (C=O) groups is 2. The number of hydrogen-bond donors (Lipinski definition) is 2. The number of hydrogen-bond acceptors (Lipinski definition) is 6. The van der Waals surface area contributed by atoms with E-state index in [1.165, 1.54) is 7.05 Å². The molecule has 0 aliphatic heterocycles. The van der Waals surface area contributed by atoms with Crippen LogP contribution in [0.3, 0.4) is 0 Å². The zero-order chi connectivity index (χ0) is 24.3. The number of benzene rings is 2. The highest BCUT2D eigenvalue weighted by atomic mass is 35.5. The van der Waals surface area contributed by atoms with E-state index in [1.54, 1.807) is 0 Å². The van der Waals surface area contributed by atoms with E-state index in [0.29, 0.717) is 6.07 Å². The molecule has 2 N–H and O–H groups in total. The van der Waals surface area contributed by atoms with Crippen LogP contribution < -0.4 is 15.4 Å². The number of rotatable bonds is 6. The molecule has 0 unspecified atom stereocenters. The van der Waals surface area contributed by atoms with E-state index < -0.39 is 58.3 Å². The summed E-state index contributed by atoms with van der Waals surface area (Å²) in [6, 6.07) is 3.94. The maximum Gasteiger partial charge on any atom is 0.573 e. The smallest absolute Gasteiger partial charge is 0.405 e. The summed E-state index contributed by atoms with van der Waals surface area (Å²) < 4.78 is 70.4. The van der Waals surface area contributed by atoms with Crippen molar-refractivity contribution < 1.29 is 36.3 Å². The Bertz CT molecular complexity index is 1220. The molecule has 33 heavy (non-hydrogen) atoms. The van der Waals surface area contributed by atoms with Gasteiger partial charge in [0, 0.05) is 25.2 Å².